The van der Waals surface area contributed by atoms with Crippen molar-refractivity contribution in [2.24, 2.45) is 0 Å². The number of esters is 1. The Morgan fingerprint density at radius 1 is 1.42 bits per heavy atom. The average Bonchev–Trinajstić information content (AvgIpc) is 2.57. The van der Waals surface area contributed by atoms with Crippen molar-refractivity contribution < 1.29 is 14.3 Å². The topological polar surface area (TPSA) is 35.5 Å². The van der Waals surface area contributed by atoms with Crippen LogP contribution in [0, 0.1) is 0 Å². The number of ether oxygens (including phenoxy) is 2. The Balaban J connectivity index is 1.97. The molecule has 0 amide bonds. The maximum atomic E-state index is 10.7. The highest BCUT2D eigenvalue weighted by Crippen LogP contribution is 2.20. The zero-order chi connectivity index (χ0) is 8.81. The summed E-state index contributed by atoms with van der Waals surface area (Å²) in [7, 11) is 1.40. The molecule has 12 heavy (non-hydrogen) atoms. The van der Waals surface area contributed by atoms with Gasteiger partial charge >= 0.3 is 5.97 Å². The molecule has 1 rings (SSSR count). The van der Waals surface area contributed by atoms with Gasteiger partial charge in [0.2, 0.25) is 0 Å². The Bertz CT molecular complexity index is 139. The van der Waals surface area contributed by atoms with Crippen molar-refractivity contribution in [2.45, 2.75) is 38.2 Å². The van der Waals surface area contributed by atoms with Crippen molar-refractivity contribution in [1.29, 1.82) is 0 Å². The van der Waals surface area contributed by atoms with Gasteiger partial charge in [-0.3, -0.25) is 4.79 Å². The molecule has 0 bridgehead atoms. The molecular weight excluding hydrogens is 156 g/mol. The summed E-state index contributed by atoms with van der Waals surface area (Å²) in [6.45, 7) is 0.511. The Morgan fingerprint density at radius 3 is 2.67 bits per heavy atom. The first kappa shape index (κ1) is 9.52. The molecule has 1 aliphatic carbocycles. The van der Waals surface area contributed by atoms with E-state index in [4.69, 9.17) is 4.74 Å². The number of carbonyl (C=O) groups is 1. The molecule has 0 unspecified atom stereocenters. The molecule has 0 spiro atoms. The minimum absolute atomic E-state index is 0.187. The average molecular weight is 172 g/mol. The van der Waals surface area contributed by atoms with E-state index in [0.29, 0.717) is 19.1 Å². The summed E-state index contributed by atoms with van der Waals surface area (Å²) >= 11 is 0. The first-order valence-corrected chi connectivity index (χ1v) is 4.51. The highest BCUT2D eigenvalue weighted by atomic mass is 16.5. The van der Waals surface area contributed by atoms with Crippen LogP contribution in [0.15, 0.2) is 0 Å². The molecule has 3 nitrogen and oxygen atoms in total. The van der Waals surface area contributed by atoms with Gasteiger partial charge in [0, 0.05) is 0 Å². The minimum Gasteiger partial charge on any atom is -0.469 e. The predicted octanol–water partition coefficient (Wildman–Crippen LogP) is 1.51. The SMILES string of the molecule is COC(=O)CCOC1CCCC1. The Labute approximate surface area is 73.0 Å². The quantitative estimate of drug-likeness (QED) is 0.603. The third kappa shape index (κ3) is 3.22. The van der Waals surface area contributed by atoms with Gasteiger partial charge in [0.15, 0.2) is 0 Å². The molecule has 0 aliphatic heterocycles. The van der Waals surface area contributed by atoms with Crippen molar-refractivity contribution in [3.8, 4) is 0 Å². The van der Waals surface area contributed by atoms with Crippen molar-refractivity contribution >= 4 is 5.97 Å². The largest absolute Gasteiger partial charge is 0.469 e. The molecule has 0 aromatic rings. The van der Waals surface area contributed by atoms with E-state index in [1.807, 2.05) is 0 Å². The lowest BCUT2D eigenvalue weighted by Crippen LogP contribution is -2.12. The molecule has 3 heteroatoms. The summed E-state index contributed by atoms with van der Waals surface area (Å²) < 4.78 is 9.97. The molecule has 0 radical (unpaired) electrons. The van der Waals surface area contributed by atoms with Gasteiger partial charge in [0.25, 0.3) is 0 Å². The van der Waals surface area contributed by atoms with Crippen LogP contribution in [0.1, 0.15) is 32.1 Å². The Kier molecular flexibility index (Phi) is 4.08. The number of methoxy groups -OCH3 is 1. The van der Waals surface area contributed by atoms with Crippen molar-refractivity contribution in [3.05, 3.63) is 0 Å². The Morgan fingerprint density at radius 2 is 2.08 bits per heavy atom. The maximum absolute atomic E-state index is 10.7. The van der Waals surface area contributed by atoms with Crippen LogP contribution in [0.3, 0.4) is 0 Å². The Hall–Kier alpha value is -0.570. The normalized spacial score (nSPS) is 18.1. The maximum Gasteiger partial charge on any atom is 0.307 e. The molecular formula is C9H16O3. The smallest absolute Gasteiger partial charge is 0.307 e. The summed E-state index contributed by atoms with van der Waals surface area (Å²) in [6.07, 6.45) is 5.62. The summed E-state index contributed by atoms with van der Waals surface area (Å²) in [6, 6.07) is 0. The fourth-order valence-electron chi connectivity index (χ4n) is 1.47. The van der Waals surface area contributed by atoms with E-state index in [-0.39, 0.29) is 5.97 Å². The van der Waals surface area contributed by atoms with Gasteiger partial charge in [-0.25, -0.2) is 0 Å². The van der Waals surface area contributed by atoms with Gasteiger partial charge in [-0.2, -0.15) is 0 Å². The lowest BCUT2D eigenvalue weighted by molar-refractivity contribution is -0.142. The van der Waals surface area contributed by atoms with E-state index in [1.54, 1.807) is 0 Å². The lowest BCUT2D eigenvalue weighted by Gasteiger charge is -2.09. The molecule has 70 valence electrons. The molecule has 0 aromatic carbocycles. The summed E-state index contributed by atoms with van der Waals surface area (Å²) in [5, 5.41) is 0. The molecule has 0 aromatic heterocycles. The number of hydrogen-bond donors (Lipinski definition) is 0. The van der Waals surface area contributed by atoms with Gasteiger partial charge in [0.1, 0.15) is 0 Å². The molecule has 0 N–H and O–H groups in total. The predicted molar refractivity (Wildman–Crippen MR) is 44.8 cm³/mol. The first-order chi connectivity index (χ1) is 5.83. The van der Waals surface area contributed by atoms with Crippen LogP contribution in [0.4, 0.5) is 0 Å². The van der Waals surface area contributed by atoms with Crippen LogP contribution in [-0.2, 0) is 14.3 Å². The second kappa shape index (κ2) is 5.14. The number of hydrogen-bond acceptors (Lipinski definition) is 3. The standard InChI is InChI=1S/C9H16O3/c1-11-9(10)6-7-12-8-4-2-3-5-8/h8H,2-7H2,1H3. The van der Waals surface area contributed by atoms with Gasteiger partial charge in [-0.1, -0.05) is 12.8 Å². The van der Waals surface area contributed by atoms with Crippen molar-refractivity contribution in [3.63, 3.8) is 0 Å². The first-order valence-electron chi connectivity index (χ1n) is 4.51. The van der Waals surface area contributed by atoms with E-state index in [9.17, 15) is 4.79 Å². The highest BCUT2D eigenvalue weighted by molar-refractivity contribution is 5.69. The van der Waals surface area contributed by atoms with Crippen LogP contribution in [0.5, 0.6) is 0 Å². The number of carbonyl (C=O) groups excluding carboxylic acids is 1. The zero-order valence-corrected chi connectivity index (χ0v) is 7.54. The van der Waals surface area contributed by atoms with Crippen LogP contribution in [0.2, 0.25) is 0 Å². The second-order valence-corrected chi connectivity index (χ2v) is 3.10. The minimum atomic E-state index is -0.187. The van der Waals surface area contributed by atoms with Crippen LogP contribution in [-0.4, -0.2) is 25.8 Å². The van der Waals surface area contributed by atoms with E-state index in [1.165, 1.54) is 20.0 Å². The van der Waals surface area contributed by atoms with E-state index in [2.05, 4.69) is 4.74 Å². The number of rotatable bonds is 4. The van der Waals surface area contributed by atoms with Crippen molar-refractivity contribution in [2.75, 3.05) is 13.7 Å². The second-order valence-electron chi connectivity index (χ2n) is 3.10. The molecule has 0 saturated heterocycles. The van der Waals surface area contributed by atoms with Gasteiger partial charge in [-0.05, 0) is 12.8 Å². The van der Waals surface area contributed by atoms with Crippen LogP contribution < -0.4 is 0 Å². The molecule has 1 aliphatic rings. The fraction of sp³-hybridized carbons (Fsp3) is 0.889. The molecule has 0 atom stereocenters. The lowest BCUT2D eigenvalue weighted by atomic mass is 10.3. The summed E-state index contributed by atoms with van der Waals surface area (Å²) in [5.74, 6) is -0.187. The summed E-state index contributed by atoms with van der Waals surface area (Å²) in [5.41, 5.74) is 0. The molecule has 0 heterocycles. The fourth-order valence-corrected chi connectivity index (χ4v) is 1.47. The van der Waals surface area contributed by atoms with E-state index in [0.717, 1.165) is 12.8 Å². The summed E-state index contributed by atoms with van der Waals surface area (Å²) in [4.78, 5) is 10.7. The molecule has 1 fully saturated rings. The van der Waals surface area contributed by atoms with Gasteiger partial charge < -0.3 is 9.47 Å². The van der Waals surface area contributed by atoms with Crippen LogP contribution in [0.25, 0.3) is 0 Å². The molecule has 1 saturated carbocycles. The van der Waals surface area contributed by atoms with Crippen LogP contribution >= 0.6 is 0 Å². The third-order valence-electron chi connectivity index (χ3n) is 2.19. The zero-order valence-electron chi connectivity index (χ0n) is 7.54. The van der Waals surface area contributed by atoms with E-state index >= 15 is 0 Å². The monoisotopic (exact) mass is 172 g/mol. The third-order valence-corrected chi connectivity index (χ3v) is 2.19. The highest BCUT2D eigenvalue weighted by Gasteiger charge is 2.15. The van der Waals surface area contributed by atoms with Crippen molar-refractivity contribution in [1.82, 2.24) is 0 Å². The van der Waals surface area contributed by atoms with E-state index < -0.39 is 0 Å². The van der Waals surface area contributed by atoms with Gasteiger partial charge in [0.05, 0.1) is 26.2 Å². The van der Waals surface area contributed by atoms with Gasteiger partial charge in [-0.15, -0.1) is 0 Å².